The number of hydrogen-bond acceptors (Lipinski definition) is 4. The Morgan fingerprint density at radius 3 is 2.72 bits per heavy atom. The van der Waals surface area contributed by atoms with Crippen molar-refractivity contribution < 1.29 is 14.3 Å². The zero-order valence-electron chi connectivity index (χ0n) is 10.3. The van der Waals surface area contributed by atoms with E-state index in [2.05, 4.69) is 22.0 Å². The minimum Gasteiger partial charge on any atom is -0.496 e. The molecule has 0 atom stereocenters. The highest BCUT2D eigenvalue weighted by Crippen LogP contribution is 2.26. The number of benzene rings is 1. The average molecular weight is 312 g/mol. The van der Waals surface area contributed by atoms with E-state index in [4.69, 9.17) is 14.7 Å². The van der Waals surface area contributed by atoms with E-state index in [-0.39, 0.29) is 12.4 Å². The van der Waals surface area contributed by atoms with Crippen LogP contribution in [0.5, 0.6) is 5.75 Å². The molecule has 5 heteroatoms. The number of alkyl halides is 1. The maximum Gasteiger partial charge on any atom is 0.310 e. The van der Waals surface area contributed by atoms with Gasteiger partial charge in [-0.2, -0.15) is 5.26 Å². The number of nitriles is 1. The van der Waals surface area contributed by atoms with E-state index < -0.39 is 0 Å². The van der Waals surface area contributed by atoms with Crippen molar-refractivity contribution >= 4 is 21.9 Å². The lowest BCUT2D eigenvalue weighted by atomic mass is 10.0. The average Bonchev–Trinajstić information content (AvgIpc) is 2.39. The summed E-state index contributed by atoms with van der Waals surface area (Å²) in [6.45, 7) is 2.07. The largest absolute Gasteiger partial charge is 0.496 e. The Morgan fingerprint density at radius 2 is 2.22 bits per heavy atom. The molecule has 0 aliphatic carbocycles. The van der Waals surface area contributed by atoms with E-state index >= 15 is 0 Å². The van der Waals surface area contributed by atoms with Crippen LogP contribution in [-0.4, -0.2) is 19.7 Å². The molecule has 0 spiro atoms. The summed E-state index contributed by atoms with van der Waals surface area (Å²) < 4.78 is 10.1. The third-order valence-corrected chi connectivity index (χ3v) is 3.04. The summed E-state index contributed by atoms with van der Waals surface area (Å²) in [7, 11) is 1.52. The first-order chi connectivity index (χ1) is 8.65. The van der Waals surface area contributed by atoms with Crippen LogP contribution in [0.15, 0.2) is 12.1 Å². The molecule has 1 aromatic rings. The van der Waals surface area contributed by atoms with E-state index in [1.807, 2.05) is 6.07 Å². The van der Waals surface area contributed by atoms with Crippen LogP contribution in [0.2, 0.25) is 0 Å². The second-order valence-corrected chi connectivity index (χ2v) is 4.11. The SMILES string of the molecule is CCOC(=O)Cc1c(C#N)cc(CBr)cc1OC. The van der Waals surface area contributed by atoms with Crippen LogP contribution in [0.25, 0.3) is 0 Å². The number of methoxy groups -OCH3 is 1. The molecule has 0 fully saturated rings. The fourth-order valence-corrected chi connectivity index (χ4v) is 1.92. The van der Waals surface area contributed by atoms with Crippen LogP contribution in [0, 0.1) is 11.3 Å². The molecule has 0 aromatic heterocycles. The molecule has 0 N–H and O–H groups in total. The topological polar surface area (TPSA) is 59.3 Å². The summed E-state index contributed by atoms with van der Waals surface area (Å²) in [4.78, 5) is 11.5. The van der Waals surface area contributed by atoms with Gasteiger partial charge in [0.15, 0.2) is 0 Å². The normalized spacial score (nSPS) is 9.67. The second kappa shape index (κ2) is 7.02. The quantitative estimate of drug-likeness (QED) is 0.619. The molecule has 0 radical (unpaired) electrons. The summed E-state index contributed by atoms with van der Waals surface area (Å²) in [5, 5.41) is 9.75. The van der Waals surface area contributed by atoms with E-state index in [1.165, 1.54) is 7.11 Å². The Hall–Kier alpha value is -1.54. The van der Waals surface area contributed by atoms with Gasteiger partial charge in [-0.1, -0.05) is 15.9 Å². The van der Waals surface area contributed by atoms with Gasteiger partial charge in [-0.05, 0) is 24.6 Å². The zero-order valence-corrected chi connectivity index (χ0v) is 11.9. The predicted octanol–water partition coefficient (Wildman–Crippen LogP) is 2.57. The lowest BCUT2D eigenvalue weighted by Crippen LogP contribution is -2.10. The van der Waals surface area contributed by atoms with Crippen molar-refractivity contribution in [1.82, 2.24) is 0 Å². The van der Waals surface area contributed by atoms with Gasteiger partial charge >= 0.3 is 5.97 Å². The van der Waals surface area contributed by atoms with Crippen LogP contribution in [-0.2, 0) is 21.3 Å². The van der Waals surface area contributed by atoms with E-state index in [0.29, 0.717) is 28.8 Å². The first-order valence-electron chi connectivity index (χ1n) is 5.47. The molecule has 4 nitrogen and oxygen atoms in total. The van der Waals surface area contributed by atoms with E-state index in [1.54, 1.807) is 13.0 Å². The highest BCUT2D eigenvalue weighted by molar-refractivity contribution is 9.08. The van der Waals surface area contributed by atoms with Gasteiger partial charge in [-0.3, -0.25) is 4.79 Å². The lowest BCUT2D eigenvalue weighted by molar-refractivity contribution is -0.142. The number of carbonyl (C=O) groups is 1. The van der Waals surface area contributed by atoms with Crippen molar-refractivity contribution in [2.45, 2.75) is 18.7 Å². The maximum atomic E-state index is 11.5. The van der Waals surface area contributed by atoms with Crippen molar-refractivity contribution in [1.29, 1.82) is 5.26 Å². The summed E-state index contributed by atoms with van der Waals surface area (Å²) in [5.74, 6) is 0.176. The number of nitrogens with zero attached hydrogens (tertiary/aromatic N) is 1. The minimum atomic E-state index is -0.362. The first kappa shape index (κ1) is 14.5. The van der Waals surface area contributed by atoms with Gasteiger partial charge in [0.2, 0.25) is 0 Å². The fraction of sp³-hybridized carbons (Fsp3) is 0.385. The van der Waals surface area contributed by atoms with Crippen molar-refractivity contribution in [3.05, 3.63) is 28.8 Å². The van der Waals surface area contributed by atoms with Gasteiger partial charge in [-0.25, -0.2) is 0 Å². The number of carbonyl (C=O) groups excluding carboxylic acids is 1. The van der Waals surface area contributed by atoms with Gasteiger partial charge in [0.1, 0.15) is 5.75 Å². The predicted molar refractivity (Wildman–Crippen MR) is 70.7 cm³/mol. The molecular formula is C13H14BrNO3. The van der Waals surface area contributed by atoms with Gasteiger partial charge < -0.3 is 9.47 Å². The van der Waals surface area contributed by atoms with Crippen LogP contribution in [0.1, 0.15) is 23.6 Å². The van der Waals surface area contributed by atoms with E-state index in [9.17, 15) is 4.79 Å². The fourth-order valence-electron chi connectivity index (χ4n) is 1.60. The molecule has 96 valence electrons. The van der Waals surface area contributed by atoms with Crippen molar-refractivity contribution in [3.63, 3.8) is 0 Å². The van der Waals surface area contributed by atoms with Crippen molar-refractivity contribution in [3.8, 4) is 11.8 Å². The van der Waals surface area contributed by atoms with Gasteiger partial charge in [0.05, 0.1) is 31.8 Å². The summed E-state index contributed by atoms with van der Waals surface area (Å²) in [6.07, 6.45) is 0.0441. The maximum absolute atomic E-state index is 11.5. The third kappa shape index (κ3) is 3.47. The van der Waals surface area contributed by atoms with Gasteiger partial charge in [0.25, 0.3) is 0 Å². The highest BCUT2D eigenvalue weighted by atomic mass is 79.9. The summed E-state index contributed by atoms with van der Waals surface area (Å²) in [5.41, 5.74) is 1.94. The van der Waals surface area contributed by atoms with Crippen molar-refractivity contribution in [2.24, 2.45) is 0 Å². The molecule has 1 rings (SSSR count). The van der Waals surface area contributed by atoms with Gasteiger partial charge in [0, 0.05) is 10.9 Å². The minimum absolute atomic E-state index is 0.0441. The van der Waals surface area contributed by atoms with Crippen LogP contribution >= 0.6 is 15.9 Å². The molecular weight excluding hydrogens is 298 g/mol. The number of hydrogen-bond donors (Lipinski definition) is 0. The Kier molecular flexibility index (Phi) is 5.66. The smallest absolute Gasteiger partial charge is 0.310 e. The molecule has 0 aliphatic rings. The molecule has 1 aromatic carbocycles. The molecule has 0 aliphatic heterocycles. The van der Waals surface area contributed by atoms with Crippen molar-refractivity contribution in [2.75, 3.05) is 13.7 Å². The standard InChI is InChI=1S/C13H14BrNO3/c1-3-18-13(16)6-11-10(8-15)4-9(7-14)5-12(11)17-2/h4-5H,3,6-7H2,1-2H3. The molecule has 0 unspecified atom stereocenters. The molecule has 0 saturated carbocycles. The van der Waals surface area contributed by atoms with Gasteiger partial charge in [-0.15, -0.1) is 0 Å². The summed E-state index contributed by atoms with van der Waals surface area (Å²) >= 11 is 3.33. The highest BCUT2D eigenvalue weighted by Gasteiger charge is 2.15. The molecule has 0 saturated heterocycles. The zero-order chi connectivity index (χ0) is 13.5. The number of rotatable bonds is 5. The van der Waals surface area contributed by atoms with Crippen LogP contribution in [0.3, 0.4) is 0 Å². The Balaban J connectivity index is 3.15. The number of halogens is 1. The Labute approximate surface area is 115 Å². The molecule has 0 heterocycles. The monoisotopic (exact) mass is 311 g/mol. The molecule has 0 bridgehead atoms. The number of esters is 1. The molecule has 0 amide bonds. The second-order valence-electron chi connectivity index (χ2n) is 3.55. The Morgan fingerprint density at radius 1 is 1.50 bits per heavy atom. The first-order valence-corrected chi connectivity index (χ1v) is 6.59. The van der Waals surface area contributed by atoms with Crippen LogP contribution in [0.4, 0.5) is 0 Å². The molecule has 18 heavy (non-hydrogen) atoms. The lowest BCUT2D eigenvalue weighted by Gasteiger charge is -2.11. The Bertz CT molecular complexity index is 480. The third-order valence-electron chi connectivity index (χ3n) is 2.39. The van der Waals surface area contributed by atoms with E-state index in [0.717, 1.165) is 5.56 Å². The number of ether oxygens (including phenoxy) is 2. The van der Waals surface area contributed by atoms with Crippen LogP contribution < -0.4 is 4.74 Å². The summed E-state index contributed by atoms with van der Waals surface area (Å²) in [6, 6.07) is 5.64.